The zero-order chi connectivity index (χ0) is 35.6. The molecule has 5 heteroatoms. The van der Waals surface area contributed by atoms with Crippen molar-refractivity contribution in [1.29, 1.82) is 0 Å². The van der Waals surface area contributed by atoms with E-state index in [1.165, 1.54) is 68.6 Å². The molecule has 4 aromatic rings. The first-order valence-corrected chi connectivity index (χ1v) is 21.6. The predicted molar refractivity (Wildman–Crippen MR) is 228 cm³/mol. The van der Waals surface area contributed by atoms with Crippen LogP contribution >= 0.6 is 0 Å². The van der Waals surface area contributed by atoms with E-state index >= 15 is 0 Å². The quantitative estimate of drug-likeness (QED) is 0.222. The molecule has 5 unspecified atom stereocenters. The molecule has 0 aromatic heterocycles. The van der Waals surface area contributed by atoms with Crippen LogP contribution in [0.3, 0.4) is 0 Å². The summed E-state index contributed by atoms with van der Waals surface area (Å²) in [6.07, 6.45) is 16.3. The molecule has 4 aliphatic carbocycles. The van der Waals surface area contributed by atoms with E-state index in [0.29, 0.717) is 41.0 Å². The van der Waals surface area contributed by atoms with E-state index in [1.807, 2.05) is 0 Å². The van der Waals surface area contributed by atoms with Crippen molar-refractivity contribution in [2.24, 2.45) is 0 Å². The normalized spacial score (nSPS) is 20.1. The number of benzene rings is 4. The van der Waals surface area contributed by atoms with Gasteiger partial charge in [0.05, 0.1) is 8.80 Å². The van der Waals surface area contributed by atoms with Gasteiger partial charge in [-0.05, 0) is 130 Å². The minimum absolute atomic E-state index is 0. The van der Waals surface area contributed by atoms with E-state index in [9.17, 15) is 0 Å². The smallest absolute Gasteiger partial charge is 1.00 e. The van der Waals surface area contributed by atoms with Crippen molar-refractivity contribution in [2.75, 3.05) is 0 Å². The summed E-state index contributed by atoms with van der Waals surface area (Å²) >= 11 is 0. The van der Waals surface area contributed by atoms with Crippen molar-refractivity contribution in [2.45, 2.75) is 115 Å². The number of hydrogen-bond donors (Lipinski definition) is 0. The van der Waals surface area contributed by atoms with Crippen LogP contribution in [0.1, 0.15) is 156 Å². The predicted octanol–water partition coefficient (Wildman–Crippen LogP) is 2.59. The van der Waals surface area contributed by atoms with Gasteiger partial charge in [-0.15, -0.1) is 0 Å². The maximum atomic E-state index is 2.60. The van der Waals surface area contributed by atoms with E-state index in [4.69, 9.17) is 0 Å². The van der Waals surface area contributed by atoms with Crippen molar-refractivity contribution in [3.63, 3.8) is 0 Å². The fourth-order valence-corrected chi connectivity index (χ4v) is 14.2. The van der Waals surface area contributed by atoms with E-state index in [2.05, 4.69) is 165 Å². The summed E-state index contributed by atoms with van der Waals surface area (Å²) in [5.74, 6) is 2.98. The molecule has 4 aliphatic rings. The molecule has 0 fully saturated rings. The van der Waals surface area contributed by atoms with Crippen LogP contribution in [0, 0.1) is 13.8 Å². The summed E-state index contributed by atoms with van der Waals surface area (Å²) in [7, 11) is -0.968. The van der Waals surface area contributed by atoms with E-state index in [-0.39, 0.29) is 81.1 Å². The van der Waals surface area contributed by atoms with Crippen molar-refractivity contribution in [3.8, 4) is 0 Å². The second-order valence-electron chi connectivity index (χ2n) is 16.9. The molecular weight excluding hydrogens is 656 g/mol. The maximum Gasteiger partial charge on any atom is 1.00 e. The summed E-state index contributed by atoms with van der Waals surface area (Å²) in [6.45, 7) is 19.0. The van der Waals surface area contributed by atoms with Crippen LogP contribution in [-0.2, 0) is 0 Å². The van der Waals surface area contributed by atoms with Gasteiger partial charge in [0.15, 0.2) is 0 Å². The Kier molecular flexibility index (Phi) is 15.9. The molecule has 0 amide bonds. The minimum atomic E-state index is -0.968. The Labute approximate surface area is 388 Å². The average molecular weight is 716 g/mol. The Balaban J connectivity index is 0.00000420. The Hall–Kier alpha value is -1.55. The number of allylic oxidation sites excluding steroid dienone is 4. The van der Waals surface area contributed by atoms with Gasteiger partial charge in [0.2, 0.25) is 0 Å². The molecule has 0 saturated carbocycles. The third kappa shape index (κ3) is 8.90. The van der Waals surface area contributed by atoms with Gasteiger partial charge >= 0.3 is 75.4 Å². The van der Waals surface area contributed by atoms with Gasteiger partial charge in [-0.3, -0.25) is 0 Å². The topological polar surface area (TPSA) is 0 Å². The van der Waals surface area contributed by atoms with Crippen LogP contribution in [0.4, 0.5) is 0 Å². The molecular formula is C50H59Li4Si. The van der Waals surface area contributed by atoms with Gasteiger partial charge in [-0.25, -0.2) is 0 Å². The first kappa shape index (κ1) is 46.1. The van der Waals surface area contributed by atoms with Crippen LogP contribution in [0.25, 0.3) is 24.3 Å². The molecule has 267 valence electrons. The summed E-state index contributed by atoms with van der Waals surface area (Å²) in [6, 6.07) is 31.1. The van der Waals surface area contributed by atoms with Gasteiger partial charge in [-0.1, -0.05) is 148 Å². The number of hydrogen-bond acceptors (Lipinski definition) is 0. The molecule has 8 rings (SSSR count). The molecule has 0 saturated heterocycles. The summed E-state index contributed by atoms with van der Waals surface area (Å²) in [5, 5.41) is 0. The SMILES string of the molecule is CC1=Cc2c(C)cc(C(C)C)cc2C1C[Si](CC1C(C)=Cc2c(C)cc(C(C)C)cc21)C(CC1C=Cc2ccccc21)C1C=Cc2ccccc21.[H-].[H-].[H-].[H-].[Li+].[Li+].[Li+].[Li+]. The fraction of sp³-hybridized carbons (Fsp3) is 0.360. The molecule has 0 aliphatic heterocycles. The van der Waals surface area contributed by atoms with Gasteiger partial charge in [0.1, 0.15) is 0 Å². The molecule has 4 aromatic carbocycles. The number of rotatable bonds is 10. The largest absolute Gasteiger partial charge is 1.00 e. The van der Waals surface area contributed by atoms with E-state index < -0.39 is 8.80 Å². The van der Waals surface area contributed by atoms with Gasteiger partial charge in [-0.2, -0.15) is 0 Å². The Bertz CT molecular complexity index is 2070. The van der Waals surface area contributed by atoms with Gasteiger partial charge < -0.3 is 5.71 Å². The number of fused-ring (bicyclic) bond motifs is 4. The van der Waals surface area contributed by atoms with Crippen LogP contribution in [0.5, 0.6) is 0 Å². The third-order valence-corrected chi connectivity index (χ3v) is 16.5. The van der Waals surface area contributed by atoms with Crippen LogP contribution < -0.4 is 75.4 Å². The summed E-state index contributed by atoms with van der Waals surface area (Å²) in [5.41, 5.74) is 21.7. The van der Waals surface area contributed by atoms with Crippen molar-refractivity contribution < 1.29 is 81.1 Å². The minimum Gasteiger partial charge on any atom is -1.00 e. The Morgan fingerprint density at radius 1 is 0.564 bits per heavy atom. The van der Waals surface area contributed by atoms with Crippen molar-refractivity contribution in [3.05, 3.63) is 163 Å². The molecule has 0 spiro atoms. The standard InChI is InChI=1S/C50H55Si.4Li.4H/c1-30(2)39-21-32(5)44-23-34(7)48(46(44)25-39)28-51(29-49-35(8)24-45-33(6)22-40(31(3)4)26-47(45)49)50(43-20-19-37-14-10-12-16-42(37)43)27-38-18-17-36-13-9-11-15-41(36)38;;;;;;;;/h9-26,30-31,38,43,48-50H,27-29H2,1-8H3;;;;;;;;/q;4*+1;4*-1. The molecule has 0 nitrogen and oxygen atoms in total. The number of aryl methyl sites for hydroxylation is 2. The zero-order valence-corrected chi connectivity index (χ0v) is 37.1. The zero-order valence-electron chi connectivity index (χ0n) is 40.1. The first-order valence-electron chi connectivity index (χ1n) is 19.6. The van der Waals surface area contributed by atoms with E-state index in [0.717, 1.165) is 0 Å². The second-order valence-corrected chi connectivity index (χ2v) is 19.8. The van der Waals surface area contributed by atoms with Crippen LogP contribution in [0.15, 0.2) is 96.1 Å². The average Bonchev–Trinajstić information content (AvgIpc) is 3.88. The second kappa shape index (κ2) is 19.0. The Morgan fingerprint density at radius 2 is 1.02 bits per heavy atom. The first-order chi connectivity index (χ1) is 24.6. The Morgan fingerprint density at radius 3 is 1.53 bits per heavy atom. The summed E-state index contributed by atoms with van der Waals surface area (Å²) < 4.78 is 0. The van der Waals surface area contributed by atoms with E-state index in [1.54, 1.807) is 27.8 Å². The van der Waals surface area contributed by atoms with Crippen LogP contribution in [-0.4, -0.2) is 8.80 Å². The summed E-state index contributed by atoms with van der Waals surface area (Å²) in [4.78, 5) is 0. The molecule has 0 heterocycles. The molecule has 55 heavy (non-hydrogen) atoms. The van der Waals surface area contributed by atoms with Gasteiger partial charge in [0.25, 0.3) is 0 Å². The maximum absolute atomic E-state index is 2.60. The molecule has 5 atom stereocenters. The molecule has 0 N–H and O–H groups in total. The molecule has 0 bridgehead atoms. The van der Waals surface area contributed by atoms with Crippen LogP contribution in [0.2, 0.25) is 17.6 Å². The molecule has 1 radical (unpaired) electrons. The van der Waals surface area contributed by atoms with Crippen molar-refractivity contribution >= 4 is 33.1 Å². The van der Waals surface area contributed by atoms with Gasteiger partial charge in [0, 0.05) is 23.7 Å². The monoisotopic (exact) mass is 716 g/mol. The van der Waals surface area contributed by atoms with Crippen molar-refractivity contribution in [1.82, 2.24) is 0 Å². The third-order valence-electron chi connectivity index (χ3n) is 13.0. The fourth-order valence-electron chi connectivity index (χ4n) is 9.94.